The average Bonchev–Trinajstić information content (AvgIpc) is 2.27. The van der Waals surface area contributed by atoms with E-state index >= 15 is 0 Å². The van der Waals surface area contributed by atoms with E-state index in [9.17, 15) is 26.4 Å². The Labute approximate surface area is 126 Å². The fourth-order valence-corrected chi connectivity index (χ4v) is 2.88. The summed E-state index contributed by atoms with van der Waals surface area (Å²) in [6, 6.07) is 4.92. The number of carboxylic acid groups (broad SMARTS) is 1. The molecular formula is C10H9F3INO4S. The third-order valence-corrected chi connectivity index (χ3v) is 4.75. The summed E-state index contributed by atoms with van der Waals surface area (Å²) in [7, 11) is -4.62. The number of hydrogen-bond donors (Lipinski definition) is 2. The Kier molecular flexibility index (Phi) is 4.71. The van der Waals surface area contributed by atoms with Crippen molar-refractivity contribution in [2.75, 3.05) is 0 Å². The summed E-state index contributed by atoms with van der Waals surface area (Å²) in [4.78, 5) is 10.3. The molecule has 0 aliphatic heterocycles. The Morgan fingerprint density at radius 3 is 2.05 bits per heavy atom. The quantitative estimate of drug-likeness (QED) is 0.726. The van der Waals surface area contributed by atoms with Crippen LogP contribution in [0.3, 0.4) is 0 Å². The molecule has 5 nitrogen and oxygen atoms in total. The van der Waals surface area contributed by atoms with Gasteiger partial charge in [-0.2, -0.15) is 17.9 Å². The molecular weight excluding hydrogens is 414 g/mol. The van der Waals surface area contributed by atoms with Crippen LogP contribution in [0.1, 0.15) is 6.92 Å². The van der Waals surface area contributed by atoms with Crippen LogP contribution in [-0.4, -0.2) is 31.2 Å². The monoisotopic (exact) mass is 423 g/mol. The Bertz CT molecular complexity index is 614. The molecule has 1 aromatic rings. The lowest BCUT2D eigenvalue weighted by molar-refractivity contribution is -0.201. The van der Waals surface area contributed by atoms with Gasteiger partial charge in [0.1, 0.15) is 0 Å². The minimum Gasteiger partial charge on any atom is -0.480 e. The highest BCUT2D eigenvalue weighted by atomic mass is 127. The molecule has 1 rings (SSSR count). The molecule has 1 unspecified atom stereocenters. The van der Waals surface area contributed by atoms with Gasteiger partial charge in [0.25, 0.3) is 0 Å². The van der Waals surface area contributed by atoms with E-state index in [1.165, 1.54) is 16.9 Å². The number of nitrogens with one attached hydrogen (secondary N) is 1. The second-order valence-corrected chi connectivity index (χ2v) is 6.92. The average molecular weight is 423 g/mol. The number of hydrogen-bond acceptors (Lipinski definition) is 3. The zero-order valence-electron chi connectivity index (χ0n) is 9.90. The first-order chi connectivity index (χ1) is 8.90. The van der Waals surface area contributed by atoms with E-state index in [-0.39, 0.29) is 6.92 Å². The number of carbonyl (C=O) groups is 1. The number of rotatable bonds is 4. The van der Waals surface area contributed by atoms with Gasteiger partial charge in [-0.15, -0.1) is 0 Å². The fraction of sp³-hybridized carbons (Fsp3) is 0.300. The van der Waals surface area contributed by atoms with Crippen LogP contribution in [0.2, 0.25) is 0 Å². The topological polar surface area (TPSA) is 83.5 Å². The van der Waals surface area contributed by atoms with Crippen molar-refractivity contribution in [2.45, 2.75) is 23.5 Å². The van der Waals surface area contributed by atoms with Crippen LogP contribution in [0.15, 0.2) is 29.2 Å². The third kappa shape index (κ3) is 3.41. The third-order valence-electron chi connectivity index (χ3n) is 2.46. The fourth-order valence-electron chi connectivity index (χ4n) is 1.16. The molecule has 2 N–H and O–H groups in total. The molecule has 0 fully saturated rings. The Morgan fingerprint density at radius 2 is 1.70 bits per heavy atom. The van der Waals surface area contributed by atoms with Crippen molar-refractivity contribution in [3.63, 3.8) is 0 Å². The molecule has 0 aliphatic rings. The molecule has 0 heterocycles. The van der Waals surface area contributed by atoms with Crippen molar-refractivity contribution in [2.24, 2.45) is 0 Å². The molecule has 0 aliphatic carbocycles. The summed E-state index contributed by atoms with van der Waals surface area (Å²) in [5.41, 5.74) is -3.60. The maximum atomic E-state index is 12.8. The van der Waals surface area contributed by atoms with Crippen LogP contribution in [0.5, 0.6) is 0 Å². The Hall–Kier alpha value is -0.880. The number of sulfonamides is 1. The molecule has 0 saturated heterocycles. The molecule has 112 valence electrons. The minimum absolute atomic E-state index is 0.250. The number of aliphatic carboxylic acids is 1. The lowest BCUT2D eigenvalue weighted by Crippen LogP contribution is -2.61. The van der Waals surface area contributed by atoms with Gasteiger partial charge in [-0.3, -0.25) is 0 Å². The predicted octanol–water partition coefficient (Wildman–Crippen LogP) is 1.98. The van der Waals surface area contributed by atoms with Gasteiger partial charge in [0.15, 0.2) is 0 Å². The minimum atomic E-state index is -5.28. The number of benzene rings is 1. The van der Waals surface area contributed by atoms with Crippen molar-refractivity contribution in [3.8, 4) is 0 Å². The van der Waals surface area contributed by atoms with Gasteiger partial charge in [0.05, 0.1) is 4.90 Å². The highest BCUT2D eigenvalue weighted by molar-refractivity contribution is 14.1. The van der Waals surface area contributed by atoms with Crippen LogP contribution in [0.25, 0.3) is 0 Å². The van der Waals surface area contributed by atoms with Crippen molar-refractivity contribution in [1.29, 1.82) is 0 Å². The van der Waals surface area contributed by atoms with Crippen LogP contribution in [0.4, 0.5) is 13.2 Å². The number of halogens is 4. The summed E-state index contributed by atoms with van der Waals surface area (Å²) in [6.07, 6.45) is -5.28. The zero-order chi connectivity index (χ0) is 15.8. The predicted molar refractivity (Wildman–Crippen MR) is 71.6 cm³/mol. The summed E-state index contributed by atoms with van der Waals surface area (Å²) < 4.78 is 63.8. The molecule has 0 spiro atoms. The standard InChI is InChI=1S/C10H9F3INO4S/c1-9(8(16)17,10(11,12)13)15-20(18,19)7-4-2-6(14)3-5-7/h2-5,15H,1H3,(H,16,17). The normalized spacial score (nSPS) is 15.7. The lowest BCUT2D eigenvalue weighted by atomic mass is 10.0. The first-order valence-corrected chi connectivity index (χ1v) is 7.56. The summed E-state index contributed by atoms with van der Waals surface area (Å²) in [6.45, 7) is 0.250. The summed E-state index contributed by atoms with van der Waals surface area (Å²) in [5.74, 6) is -2.33. The van der Waals surface area contributed by atoms with E-state index in [0.717, 1.165) is 12.1 Å². The smallest absolute Gasteiger partial charge is 0.418 e. The van der Waals surface area contributed by atoms with Gasteiger partial charge in [-0.1, -0.05) is 0 Å². The van der Waals surface area contributed by atoms with Crippen molar-refractivity contribution < 1.29 is 31.5 Å². The zero-order valence-corrected chi connectivity index (χ0v) is 12.9. The van der Waals surface area contributed by atoms with Crippen molar-refractivity contribution in [3.05, 3.63) is 27.8 Å². The van der Waals surface area contributed by atoms with Gasteiger partial charge in [-0.25, -0.2) is 13.2 Å². The lowest BCUT2D eigenvalue weighted by Gasteiger charge is -2.28. The first-order valence-electron chi connectivity index (χ1n) is 5.00. The van der Waals surface area contributed by atoms with Crippen LogP contribution in [0, 0.1) is 3.57 Å². The highest BCUT2D eigenvalue weighted by Gasteiger charge is 2.59. The molecule has 0 amide bonds. The van der Waals surface area contributed by atoms with Gasteiger partial charge >= 0.3 is 12.1 Å². The van der Waals surface area contributed by atoms with E-state index in [1.54, 1.807) is 0 Å². The van der Waals surface area contributed by atoms with Crippen LogP contribution in [-0.2, 0) is 14.8 Å². The van der Waals surface area contributed by atoms with Crippen LogP contribution >= 0.6 is 22.6 Å². The molecule has 0 saturated carbocycles. The maximum absolute atomic E-state index is 12.8. The molecule has 10 heteroatoms. The second kappa shape index (κ2) is 5.48. The molecule has 0 bridgehead atoms. The van der Waals surface area contributed by atoms with E-state index in [1.807, 2.05) is 22.6 Å². The Balaban J connectivity index is 3.24. The number of alkyl halides is 3. The van der Waals surface area contributed by atoms with Gasteiger partial charge in [-0.05, 0) is 53.8 Å². The first kappa shape index (κ1) is 17.2. The van der Waals surface area contributed by atoms with Gasteiger partial charge in [0.2, 0.25) is 15.6 Å². The molecule has 20 heavy (non-hydrogen) atoms. The van der Waals surface area contributed by atoms with Crippen LogP contribution < -0.4 is 4.72 Å². The SMILES string of the molecule is CC(NS(=O)(=O)c1ccc(I)cc1)(C(=O)O)C(F)(F)F. The van der Waals surface area contributed by atoms with E-state index in [0.29, 0.717) is 3.57 Å². The van der Waals surface area contributed by atoms with Crippen molar-refractivity contribution >= 4 is 38.6 Å². The second-order valence-electron chi connectivity index (χ2n) is 3.99. The van der Waals surface area contributed by atoms with E-state index in [4.69, 9.17) is 5.11 Å². The summed E-state index contributed by atoms with van der Waals surface area (Å²) >= 11 is 1.89. The maximum Gasteiger partial charge on any atom is 0.418 e. The van der Waals surface area contributed by atoms with E-state index in [2.05, 4.69) is 0 Å². The van der Waals surface area contributed by atoms with Crippen molar-refractivity contribution in [1.82, 2.24) is 4.72 Å². The molecule has 0 aromatic heterocycles. The number of carboxylic acids is 1. The molecule has 1 atom stereocenters. The highest BCUT2D eigenvalue weighted by Crippen LogP contribution is 2.32. The molecule has 1 aromatic carbocycles. The largest absolute Gasteiger partial charge is 0.480 e. The molecule has 0 radical (unpaired) electrons. The van der Waals surface area contributed by atoms with Gasteiger partial charge in [0, 0.05) is 3.57 Å². The Morgan fingerprint density at radius 1 is 1.25 bits per heavy atom. The van der Waals surface area contributed by atoms with Gasteiger partial charge < -0.3 is 5.11 Å². The summed E-state index contributed by atoms with van der Waals surface area (Å²) in [5, 5.41) is 8.67. The van der Waals surface area contributed by atoms with E-state index < -0.39 is 32.6 Å².